The van der Waals surface area contributed by atoms with Crippen molar-refractivity contribution < 1.29 is 14.7 Å². The average Bonchev–Trinajstić information content (AvgIpc) is 2.97. The lowest BCUT2D eigenvalue weighted by Gasteiger charge is -2.25. The van der Waals surface area contributed by atoms with Gasteiger partial charge in [-0.1, -0.05) is 66.2 Å². The highest BCUT2D eigenvalue weighted by Crippen LogP contribution is 2.44. The van der Waals surface area contributed by atoms with Crippen molar-refractivity contribution in [2.45, 2.75) is 12.5 Å². The third-order valence-electron chi connectivity index (χ3n) is 5.39. The lowest BCUT2D eigenvalue weighted by molar-refractivity contribution is -0.133. The van der Waals surface area contributed by atoms with E-state index in [1.54, 1.807) is 43.4 Å². The van der Waals surface area contributed by atoms with Crippen molar-refractivity contribution in [1.82, 2.24) is 0 Å². The molecule has 0 spiro atoms. The summed E-state index contributed by atoms with van der Waals surface area (Å²) in [5, 5.41) is 11.5. The molecule has 1 N–H and O–H groups in total. The number of fused-ring (bicyclic) bond motifs is 1. The van der Waals surface area contributed by atoms with E-state index >= 15 is 0 Å². The van der Waals surface area contributed by atoms with E-state index in [9.17, 15) is 14.7 Å². The number of aliphatic hydroxyl groups is 1. The molecule has 1 aliphatic rings. The number of hydrogen-bond acceptors (Lipinski definition) is 3. The maximum atomic E-state index is 13.4. The van der Waals surface area contributed by atoms with Crippen molar-refractivity contribution in [2.24, 2.45) is 0 Å². The number of hydrogen-bond donors (Lipinski definition) is 1. The summed E-state index contributed by atoms with van der Waals surface area (Å²) in [5.74, 6) is -0.757. The first-order valence-corrected chi connectivity index (χ1v) is 9.45. The van der Waals surface area contributed by atoms with Crippen LogP contribution in [-0.2, 0) is 15.2 Å². The average molecular weight is 386 g/mol. The molecule has 0 aliphatic carbocycles. The largest absolute Gasteiger partial charge is 0.372 e. The number of anilines is 2. The van der Waals surface area contributed by atoms with Gasteiger partial charge in [0.1, 0.15) is 6.54 Å². The highest BCUT2D eigenvalue weighted by Gasteiger charge is 2.51. The molecule has 2 amide bonds. The first kappa shape index (κ1) is 18.9. The van der Waals surface area contributed by atoms with Crippen LogP contribution in [0, 0.1) is 6.92 Å². The second-order valence-corrected chi connectivity index (χ2v) is 7.28. The van der Waals surface area contributed by atoms with E-state index in [1.807, 2.05) is 49.4 Å². The van der Waals surface area contributed by atoms with Crippen molar-refractivity contribution in [3.05, 3.63) is 95.6 Å². The molecule has 3 aromatic carbocycles. The Hall–Kier alpha value is -3.44. The summed E-state index contributed by atoms with van der Waals surface area (Å²) in [6, 6.07) is 23.6. The molecule has 29 heavy (non-hydrogen) atoms. The van der Waals surface area contributed by atoms with Crippen LogP contribution in [0.2, 0.25) is 0 Å². The fraction of sp³-hybridized carbons (Fsp3) is 0.167. The fourth-order valence-corrected chi connectivity index (χ4v) is 3.78. The van der Waals surface area contributed by atoms with Gasteiger partial charge in [0.25, 0.3) is 5.91 Å². The number of likely N-dealkylation sites (N-methyl/N-ethyl adjacent to an activating group) is 1. The molecule has 1 atom stereocenters. The number of para-hydroxylation sites is 2. The van der Waals surface area contributed by atoms with Crippen LogP contribution in [0.3, 0.4) is 0 Å². The molecule has 0 aromatic heterocycles. The van der Waals surface area contributed by atoms with Gasteiger partial charge in [-0.3, -0.25) is 14.5 Å². The van der Waals surface area contributed by atoms with E-state index in [-0.39, 0.29) is 12.5 Å². The van der Waals surface area contributed by atoms with E-state index in [0.29, 0.717) is 16.8 Å². The predicted molar refractivity (Wildman–Crippen MR) is 113 cm³/mol. The van der Waals surface area contributed by atoms with Crippen LogP contribution < -0.4 is 9.80 Å². The number of carbonyl (C=O) groups excluding carboxylic acids is 2. The van der Waals surface area contributed by atoms with Gasteiger partial charge in [-0.15, -0.1) is 0 Å². The second-order valence-electron chi connectivity index (χ2n) is 7.28. The zero-order chi connectivity index (χ0) is 20.6. The van der Waals surface area contributed by atoms with E-state index in [1.165, 1.54) is 9.80 Å². The van der Waals surface area contributed by atoms with Crippen LogP contribution in [0.5, 0.6) is 0 Å². The molecule has 3 aromatic rings. The quantitative estimate of drug-likeness (QED) is 0.749. The fourth-order valence-electron chi connectivity index (χ4n) is 3.78. The topological polar surface area (TPSA) is 60.9 Å². The van der Waals surface area contributed by atoms with E-state index in [0.717, 1.165) is 11.3 Å². The Balaban J connectivity index is 1.71. The van der Waals surface area contributed by atoms with Gasteiger partial charge in [0.2, 0.25) is 5.91 Å². The zero-order valence-electron chi connectivity index (χ0n) is 16.4. The molecular weight excluding hydrogens is 364 g/mol. The van der Waals surface area contributed by atoms with Crippen molar-refractivity contribution in [3.8, 4) is 0 Å². The van der Waals surface area contributed by atoms with Gasteiger partial charge in [-0.2, -0.15) is 0 Å². The molecule has 5 heteroatoms. The highest BCUT2D eigenvalue weighted by molar-refractivity contribution is 6.12. The predicted octanol–water partition coefficient (Wildman–Crippen LogP) is 3.24. The molecule has 5 nitrogen and oxygen atoms in total. The molecule has 1 aliphatic heterocycles. The van der Waals surface area contributed by atoms with Gasteiger partial charge in [0.15, 0.2) is 5.60 Å². The Morgan fingerprint density at radius 2 is 1.69 bits per heavy atom. The standard InChI is InChI=1S/C24H22N2O3/c1-17-9-8-10-18(15-17)24(29)20-13-6-7-14-21(20)26(23(24)28)16-22(27)25(2)19-11-4-3-5-12-19/h3-15,29H,16H2,1-2H3/t24-/m0/s1. The number of aryl methyl sites for hydroxylation is 1. The van der Waals surface area contributed by atoms with Crippen LogP contribution in [0.1, 0.15) is 16.7 Å². The minimum atomic E-state index is -1.81. The first-order chi connectivity index (χ1) is 13.9. The first-order valence-electron chi connectivity index (χ1n) is 9.45. The van der Waals surface area contributed by atoms with Crippen molar-refractivity contribution >= 4 is 23.2 Å². The summed E-state index contributed by atoms with van der Waals surface area (Å²) in [4.78, 5) is 29.2. The van der Waals surface area contributed by atoms with Crippen molar-refractivity contribution in [1.29, 1.82) is 0 Å². The minimum absolute atomic E-state index is 0.157. The van der Waals surface area contributed by atoms with E-state index in [2.05, 4.69) is 0 Å². The molecule has 4 rings (SSSR count). The van der Waals surface area contributed by atoms with Crippen LogP contribution >= 0.6 is 0 Å². The molecule has 0 bridgehead atoms. The summed E-state index contributed by atoms with van der Waals surface area (Å²) in [6.07, 6.45) is 0. The lowest BCUT2D eigenvalue weighted by Crippen LogP contribution is -2.45. The van der Waals surface area contributed by atoms with E-state index in [4.69, 9.17) is 0 Å². The summed E-state index contributed by atoms with van der Waals surface area (Å²) in [7, 11) is 1.68. The molecule has 0 saturated heterocycles. The number of nitrogens with zero attached hydrogens (tertiary/aromatic N) is 2. The van der Waals surface area contributed by atoms with Crippen molar-refractivity contribution in [2.75, 3.05) is 23.4 Å². The highest BCUT2D eigenvalue weighted by atomic mass is 16.3. The number of rotatable bonds is 4. The van der Waals surface area contributed by atoms with Crippen LogP contribution in [-0.4, -0.2) is 30.5 Å². The van der Waals surface area contributed by atoms with Gasteiger partial charge in [-0.05, 0) is 30.7 Å². The van der Waals surface area contributed by atoms with Crippen molar-refractivity contribution in [3.63, 3.8) is 0 Å². The maximum absolute atomic E-state index is 13.4. The summed E-state index contributed by atoms with van der Waals surface area (Å²) in [5.41, 5.74) is 1.42. The van der Waals surface area contributed by atoms with Gasteiger partial charge < -0.3 is 10.0 Å². The number of benzene rings is 3. The summed E-state index contributed by atoms with van der Waals surface area (Å²) in [6.45, 7) is 1.75. The Morgan fingerprint density at radius 1 is 1.00 bits per heavy atom. The molecule has 0 saturated carbocycles. The molecule has 146 valence electrons. The molecule has 0 unspecified atom stereocenters. The van der Waals surface area contributed by atoms with Crippen LogP contribution in [0.15, 0.2) is 78.9 Å². The van der Waals surface area contributed by atoms with Crippen LogP contribution in [0.4, 0.5) is 11.4 Å². The normalized spacial score (nSPS) is 17.9. The third kappa shape index (κ3) is 3.09. The summed E-state index contributed by atoms with van der Waals surface area (Å²) >= 11 is 0. The van der Waals surface area contributed by atoms with E-state index < -0.39 is 11.5 Å². The zero-order valence-corrected chi connectivity index (χ0v) is 16.4. The van der Waals surface area contributed by atoms with Gasteiger partial charge >= 0.3 is 0 Å². The SMILES string of the molecule is Cc1cccc([C@@]2(O)C(=O)N(CC(=O)N(C)c3ccccc3)c3ccccc32)c1. The third-order valence-corrected chi connectivity index (χ3v) is 5.39. The maximum Gasteiger partial charge on any atom is 0.268 e. The molecule has 0 fully saturated rings. The Morgan fingerprint density at radius 3 is 2.41 bits per heavy atom. The second kappa shape index (κ2) is 7.18. The van der Waals surface area contributed by atoms with Crippen LogP contribution in [0.25, 0.3) is 0 Å². The van der Waals surface area contributed by atoms with Gasteiger partial charge in [-0.25, -0.2) is 0 Å². The lowest BCUT2D eigenvalue weighted by atomic mass is 9.87. The minimum Gasteiger partial charge on any atom is -0.372 e. The van der Waals surface area contributed by atoms with Gasteiger partial charge in [0.05, 0.1) is 5.69 Å². The number of carbonyl (C=O) groups is 2. The summed E-state index contributed by atoms with van der Waals surface area (Å²) < 4.78 is 0. The smallest absolute Gasteiger partial charge is 0.268 e. The monoisotopic (exact) mass is 386 g/mol. The van der Waals surface area contributed by atoms with Gasteiger partial charge in [0, 0.05) is 18.3 Å². The molecular formula is C24H22N2O3. The Kier molecular flexibility index (Phi) is 4.68. The Bertz CT molecular complexity index is 1080. The number of amides is 2. The molecule has 0 radical (unpaired) electrons. The Labute approximate surface area is 169 Å². The molecule has 1 heterocycles.